The number of carbonyl (C=O) groups is 2. The molecule has 0 heterocycles. The highest BCUT2D eigenvalue weighted by atomic mass is 16.5. The lowest BCUT2D eigenvalue weighted by atomic mass is 9.47. The van der Waals surface area contributed by atoms with Crippen LogP contribution in [0.25, 0.3) is 0 Å². The fraction of sp³-hybridized carbons (Fsp3) is 0.857. The number of carbonyl (C=O) groups excluding carboxylic acids is 2. The number of esters is 1. The first-order valence-corrected chi connectivity index (χ1v) is 6.73. The summed E-state index contributed by atoms with van der Waals surface area (Å²) in [6, 6.07) is 0. The van der Waals surface area contributed by atoms with Gasteiger partial charge in [0.25, 0.3) is 0 Å². The van der Waals surface area contributed by atoms with Crippen LogP contribution in [0.15, 0.2) is 0 Å². The fourth-order valence-corrected chi connectivity index (χ4v) is 3.69. The van der Waals surface area contributed by atoms with E-state index < -0.39 is 5.41 Å². The minimum atomic E-state index is -0.798. The summed E-state index contributed by atoms with van der Waals surface area (Å²) in [6.45, 7) is 3.69. The standard InChI is InChI=1S/C14H22O3/c1-3-17-12(16)14(11(2)15)9-13(10-14)7-5-4-6-8-13/h3-10H2,1-2H3. The van der Waals surface area contributed by atoms with Gasteiger partial charge < -0.3 is 4.74 Å². The summed E-state index contributed by atoms with van der Waals surface area (Å²) in [7, 11) is 0. The van der Waals surface area contributed by atoms with Crippen molar-refractivity contribution in [1.29, 1.82) is 0 Å². The van der Waals surface area contributed by atoms with E-state index in [0.29, 0.717) is 6.61 Å². The second kappa shape index (κ2) is 4.43. The average Bonchev–Trinajstić information content (AvgIpc) is 2.26. The molecule has 0 atom stereocenters. The third-order valence-corrected chi connectivity index (χ3v) is 4.61. The third-order valence-electron chi connectivity index (χ3n) is 4.61. The maximum atomic E-state index is 12.0. The van der Waals surface area contributed by atoms with Gasteiger partial charge in [0.1, 0.15) is 11.2 Å². The Hall–Kier alpha value is -0.860. The molecule has 2 saturated carbocycles. The molecule has 3 heteroatoms. The van der Waals surface area contributed by atoms with Crippen LogP contribution < -0.4 is 0 Å². The first-order valence-electron chi connectivity index (χ1n) is 6.73. The van der Waals surface area contributed by atoms with Crippen LogP contribution in [0.4, 0.5) is 0 Å². The Morgan fingerprint density at radius 3 is 2.18 bits per heavy atom. The van der Waals surface area contributed by atoms with Gasteiger partial charge in [0.2, 0.25) is 0 Å². The van der Waals surface area contributed by atoms with Crippen molar-refractivity contribution in [2.45, 2.75) is 58.8 Å². The lowest BCUT2D eigenvalue weighted by Crippen LogP contribution is -2.56. The number of hydrogen-bond acceptors (Lipinski definition) is 3. The van der Waals surface area contributed by atoms with E-state index in [9.17, 15) is 9.59 Å². The predicted octanol–water partition coefficient (Wildman–Crippen LogP) is 2.87. The van der Waals surface area contributed by atoms with Crippen molar-refractivity contribution in [2.24, 2.45) is 10.8 Å². The molecule has 0 aliphatic heterocycles. The smallest absolute Gasteiger partial charge is 0.319 e. The minimum Gasteiger partial charge on any atom is -0.465 e. The highest BCUT2D eigenvalue weighted by molar-refractivity contribution is 6.04. The molecule has 0 aromatic rings. The second-order valence-electron chi connectivity index (χ2n) is 5.77. The van der Waals surface area contributed by atoms with Crippen LogP contribution in [0.5, 0.6) is 0 Å². The highest BCUT2D eigenvalue weighted by Crippen LogP contribution is 2.61. The lowest BCUT2D eigenvalue weighted by Gasteiger charge is -2.55. The van der Waals surface area contributed by atoms with Gasteiger partial charge in [0.15, 0.2) is 0 Å². The third kappa shape index (κ3) is 2.00. The van der Waals surface area contributed by atoms with E-state index in [1.807, 2.05) is 0 Å². The number of rotatable bonds is 3. The Balaban J connectivity index is 2.08. The first-order chi connectivity index (χ1) is 8.05. The summed E-state index contributed by atoms with van der Waals surface area (Å²) < 4.78 is 5.08. The molecule has 2 aliphatic rings. The van der Waals surface area contributed by atoms with E-state index in [-0.39, 0.29) is 17.2 Å². The van der Waals surface area contributed by atoms with Gasteiger partial charge >= 0.3 is 5.97 Å². The summed E-state index contributed by atoms with van der Waals surface area (Å²) in [6.07, 6.45) is 7.62. The fourth-order valence-electron chi connectivity index (χ4n) is 3.69. The zero-order chi connectivity index (χ0) is 12.5. The van der Waals surface area contributed by atoms with Crippen LogP contribution in [0, 0.1) is 10.8 Å². The Kier molecular flexibility index (Phi) is 3.28. The number of Topliss-reactive ketones (excluding diaryl/α,β-unsaturated/α-hetero) is 1. The number of hydrogen-bond donors (Lipinski definition) is 0. The van der Waals surface area contributed by atoms with Crippen LogP contribution in [0.1, 0.15) is 58.8 Å². The van der Waals surface area contributed by atoms with Crippen LogP contribution in [-0.2, 0) is 14.3 Å². The number of ether oxygens (including phenoxy) is 1. The Bertz CT molecular complexity index is 318. The monoisotopic (exact) mass is 238 g/mol. The van der Waals surface area contributed by atoms with Gasteiger partial charge in [-0.15, -0.1) is 0 Å². The van der Waals surface area contributed by atoms with Crippen molar-refractivity contribution in [2.75, 3.05) is 6.61 Å². The van der Waals surface area contributed by atoms with Gasteiger partial charge in [-0.1, -0.05) is 19.3 Å². The Labute approximate surface area is 103 Å². The summed E-state index contributed by atoms with van der Waals surface area (Å²) in [5, 5.41) is 0. The first kappa shape index (κ1) is 12.6. The van der Waals surface area contributed by atoms with E-state index in [4.69, 9.17) is 4.74 Å². The molecule has 96 valence electrons. The molecule has 17 heavy (non-hydrogen) atoms. The van der Waals surface area contributed by atoms with E-state index >= 15 is 0 Å². The van der Waals surface area contributed by atoms with Crippen molar-refractivity contribution >= 4 is 11.8 Å². The molecule has 0 radical (unpaired) electrons. The van der Waals surface area contributed by atoms with Crippen molar-refractivity contribution in [3.05, 3.63) is 0 Å². The average molecular weight is 238 g/mol. The van der Waals surface area contributed by atoms with Gasteiger partial charge in [-0.05, 0) is 44.9 Å². The van der Waals surface area contributed by atoms with Crippen molar-refractivity contribution in [1.82, 2.24) is 0 Å². The zero-order valence-corrected chi connectivity index (χ0v) is 10.9. The van der Waals surface area contributed by atoms with Gasteiger partial charge in [0.05, 0.1) is 6.61 Å². The van der Waals surface area contributed by atoms with Crippen LogP contribution >= 0.6 is 0 Å². The van der Waals surface area contributed by atoms with Gasteiger partial charge in [0, 0.05) is 0 Å². The predicted molar refractivity (Wildman–Crippen MR) is 64.5 cm³/mol. The SMILES string of the molecule is CCOC(=O)C1(C(C)=O)CC2(CCCCC2)C1. The molecule has 2 fully saturated rings. The Morgan fingerprint density at radius 1 is 1.12 bits per heavy atom. The van der Waals surface area contributed by atoms with E-state index in [2.05, 4.69) is 0 Å². The summed E-state index contributed by atoms with van der Waals surface area (Å²) in [4.78, 5) is 23.8. The minimum absolute atomic E-state index is 0.00727. The van der Waals surface area contributed by atoms with Crippen molar-refractivity contribution in [3.63, 3.8) is 0 Å². The molecular weight excluding hydrogens is 216 g/mol. The molecule has 0 unspecified atom stereocenters. The number of ketones is 1. The molecule has 0 amide bonds. The molecule has 1 spiro atoms. The molecular formula is C14H22O3. The normalized spacial score (nSPS) is 25.1. The topological polar surface area (TPSA) is 43.4 Å². The second-order valence-corrected chi connectivity index (χ2v) is 5.77. The summed E-state index contributed by atoms with van der Waals surface area (Å²) in [5.41, 5.74) is -0.524. The van der Waals surface area contributed by atoms with Gasteiger partial charge in [-0.3, -0.25) is 9.59 Å². The molecule has 0 N–H and O–H groups in total. The molecule has 3 nitrogen and oxygen atoms in total. The van der Waals surface area contributed by atoms with E-state index in [1.165, 1.54) is 39.0 Å². The maximum Gasteiger partial charge on any atom is 0.319 e. The quantitative estimate of drug-likeness (QED) is 0.561. The maximum absolute atomic E-state index is 12.0. The summed E-state index contributed by atoms with van der Waals surface area (Å²) >= 11 is 0. The molecule has 0 aromatic heterocycles. The van der Waals surface area contributed by atoms with E-state index in [0.717, 1.165) is 12.8 Å². The van der Waals surface area contributed by atoms with Crippen molar-refractivity contribution in [3.8, 4) is 0 Å². The van der Waals surface area contributed by atoms with Crippen molar-refractivity contribution < 1.29 is 14.3 Å². The molecule has 0 saturated heterocycles. The molecule has 0 aromatic carbocycles. The largest absolute Gasteiger partial charge is 0.465 e. The molecule has 0 bridgehead atoms. The van der Waals surface area contributed by atoms with Crippen LogP contribution in [-0.4, -0.2) is 18.4 Å². The van der Waals surface area contributed by atoms with Gasteiger partial charge in [-0.2, -0.15) is 0 Å². The van der Waals surface area contributed by atoms with E-state index in [1.54, 1.807) is 6.92 Å². The molecule has 2 aliphatic carbocycles. The van der Waals surface area contributed by atoms with Crippen LogP contribution in [0.3, 0.4) is 0 Å². The molecule has 2 rings (SSSR count). The highest BCUT2D eigenvalue weighted by Gasteiger charge is 2.61. The van der Waals surface area contributed by atoms with Gasteiger partial charge in [-0.25, -0.2) is 0 Å². The Morgan fingerprint density at radius 2 is 1.71 bits per heavy atom. The zero-order valence-electron chi connectivity index (χ0n) is 10.9. The van der Waals surface area contributed by atoms with Crippen LogP contribution in [0.2, 0.25) is 0 Å². The lowest BCUT2D eigenvalue weighted by molar-refractivity contribution is -0.179. The summed E-state index contributed by atoms with van der Waals surface area (Å²) in [5.74, 6) is -0.296.